The minimum absolute atomic E-state index is 0.0460. The molecule has 2 saturated heterocycles. The van der Waals surface area contributed by atoms with Crippen LogP contribution in [0, 0.1) is 40.7 Å². The summed E-state index contributed by atoms with van der Waals surface area (Å²) >= 11 is 5.92. The van der Waals surface area contributed by atoms with E-state index in [4.69, 9.17) is 11.6 Å². The van der Waals surface area contributed by atoms with Crippen LogP contribution in [0.25, 0.3) is 10.9 Å². The van der Waals surface area contributed by atoms with E-state index < -0.39 is 77.1 Å². The predicted molar refractivity (Wildman–Crippen MR) is 127 cm³/mol. The number of alkyl halides is 2. The number of rotatable bonds is 5. The summed E-state index contributed by atoms with van der Waals surface area (Å²) in [6, 6.07) is 1.28. The summed E-state index contributed by atoms with van der Waals surface area (Å²) in [4.78, 5) is 42.8. The van der Waals surface area contributed by atoms with Crippen molar-refractivity contribution in [1.82, 2.24) is 20.5 Å². The number of nitrogens with one attached hydrogen (secondary N) is 3. The molecule has 0 unspecified atom stereocenters. The van der Waals surface area contributed by atoms with Gasteiger partial charge in [0, 0.05) is 43.3 Å². The van der Waals surface area contributed by atoms with Crippen LogP contribution < -0.4 is 10.6 Å². The molecule has 13 heteroatoms. The van der Waals surface area contributed by atoms with Gasteiger partial charge in [-0.05, 0) is 37.2 Å². The van der Waals surface area contributed by atoms with Crippen LogP contribution in [0.5, 0.6) is 0 Å². The van der Waals surface area contributed by atoms with Crippen molar-refractivity contribution in [1.29, 1.82) is 5.26 Å². The second kappa shape index (κ2) is 9.76. The fourth-order valence-corrected chi connectivity index (χ4v) is 6.25. The Balaban J connectivity index is 1.41. The smallest absolute Gasteiger partial charge is 0.271 e. The van der Waals surface area contributed by atoms with Crippen molar-refractivity contribution in [3.05, 3.63) is 34.5 Å². The van der Waals surface area contributed by atoms with E-state index in [1.807, 2.05) is 6.07 Å². The van der Waals surface area contributed by atoms with Crippen molar-refractivity contribution < 1.29 is 31.9 Å². The maximum atomic E-state index is 14.3. The van der Waals surface area contributed by atoms with E-state index in [-0.39, 0.29) is 35.5 Å². The van der Waals surface area contributed by atoms with Crippen LogP contribution in [0.3, 0.4) is 0 Å². The number of aromatic nitrogens is 1. The third-order valence-electron chi connectivity index (χ3n) is 7.78. The average Bonchev–Trinajstić information content (AvgIpc) is 3.53. The van der Waals surface area contributed by atoms with Crippen molar-refractivity contribution in [3.8, 4) is 6.07 Å². The molecule has 2 aliphatic heterocycles. The number of aromatic amines is 1. The summed E-state index contributed by atoms with van der Waals surface area (Å²) in [6.07, 6.45) is 0.203. The van der Waals surface area contributed by atoms with Crippen LogP contribution in [0.2, 0.25) is 5.02 Å². The molecule has 1 aromatic heterocycles. The van der Waals surface area contributed by atoms with Crippen molar-refractivity contribution >= 4 is 40.2 Å². The number of benzene rings is 1. The quantitative estimate of drug-likeness (QED) is 0.388. The molecule has 0 radical (unpaired) electrons. The average molecular weight is 554 g/mol. The molecule has 202 valence electrons. The summed E-state index contributed by atoms with van der Waals surface area (Å²) in [5.74, 6) is -8.77. The van der Waals surface area contributed by atoms with E-state index in [9.17, 15) is 37.2 Å². The van der Waals surface area contributed by atoms with Crippen molar-refractivity contribution in [2.75, 3.05) is 13.1 Å². The molecule has 1 aliphatic carbocycles. The van der Waals surface area contributed by atoms with Gasteiger partial charge >= 0.3 is 0 Å². The zero-order valence-corrected chi connectivity index (χ0v) is 20.8. The number of carbonyl (C=O) groups is 3. The maximum Gasteiger partial charge on any atom is 0.271 e. The van der Waals surface area contributed by atoms with Crippen LogP contribution in [0.15, 0.2) is 12.1 Å². The van der Waals surface area contributed by atoms with E-state index in [2.05, 4.69) is 15.6 Å². The van der Waals surface area contributed by atoms with Crippen molar-refractivity contribution in [2.45, 2.75) is 50.1 Å². The van der Waals surface area contributed by atoms with Gasteiger partial charge in [0.05, 0.1) is 11.6 Å². The Morgan fingerprint density at radius 3 is 2.74 bits per heavy atom. The van der Waals surface area contributed by atoms with Gasteiger partial charge in [0.1, 0.15) is 34.4 Å². The number of amides is 3. The highest BCUT2D eigenvalue weighted by molar-refractivity contribution is 6.35. The van der Waals surface area contributed by atoms with Gasteiger partial charge in [-0.15, -0.1) is 0 Å². The van der Waals surface area contributed by atoms with Gasteiger partial charge < -0.3 is 20.5 Å². The fourth-order valence-electron chi connectivity index (χ4n) is 6.05. The van der Waals surface area contributed by atoms with E-state index >= 15 is 0 Å². The van der Waals surface area contributed by atoms with Crippen LogP contribution in [0.4, 0.5) is 17.6 Å². The standard InChI is InChI=1S/C25H24ClF4N5O3/c26-19-17(28)6-16(27)14-5-18(34-20(14)19)24(38)35-10-12-7-25(29,30)8-15(12)21(35)23(37)33-13(9-31)4-11-2-1-3-32-22(11)36/h5-6,11-13,15,21,34H,1-4,7-8,10H2,(H,32,36)(H,33,37)/t11-,12-,13+,15-,21+/m0/s1. The van der Waals surface area contributed by atoms with E-state index in [1.54, 1.807) is 0 Å². The SMILES string of the molecule is N#C[C@@H](C[C@@H]1CCCNC1=O)NC(=O)[C@H]1[C@H]2CC(F)(F)C[C@H]2CN1C(=O)c1cc2c(F)cc(F)c(Cl)c2[nH]1. The van der Waals surface area contributed by atoms with E-state index in [0.29, 0.717) is 19.0 Å². The lowest BCUT2D eigenvalue weighted by molar-refractivity contribution is -0.129. The van der Waals surface area contributed by atoms with E-state index in [0.717, 1.165) is 17.4 Å². The number of H-pyrrole nitrogens is 1. The summed E-state index contributed by atoms with van der Waals surface area (Å²) in [5.41, 5.74) is -0.332. The molecule has 5 rings (SSSR count). The lowest BCUT2D eigenvalue weighted by atomic mass is 9.90. The highest BCUT2D eigenvalue weighted by Crippen LogP contribution is 2.50. The lowest BCUT2D eigenvalue weighted by Crippen LogP contribution is -2.52. The number of hydrogen-bond donors (Lipinski definition) is 3. The topological polar surface area (TPSA) is 118 Å². The molecule has 5 atom stereocenters. The van der Waals surface area contributed by atoms with Crippen LogP contribution >= 0.6 is 11.6 Å². The number of halogens is 5. The number of fused-ring (bicyclic) bond motifs is 2. The molecule has 0 bridgehead atoms. The highest BCUT2D eigenvalue weighted by Gasteiger charge is 2.58. The molecule has 8 nitrogen and oxygen atoms in total. The molecular formula is C25H24ClF4N5O3. The first-order valence-electron chi connectivity index (χ1n) is 12.3. The Morgan fingerprint density at radius 2 is 2.03 bits per heavy atom. The lowest BCUT2D eigenvalue weighted by Gasteiger charge is -2.29. The first-order valence-corrected chi connectivity index (χ1v) is 12.7. The number of nitrogens with zero attached hydrogens (tertiary/aromatic N) is 2. The Labute approximate surface area is 219 Å². The predicted octanol–water partition coefficient (Wildman–Crippen LogP) is 3.51. The number of likely N-dealkylation sites (tertiary alicyclic amines) is 1. The van der Waals surface area contributed by atoms with Gasteiger partial charge in [0.25, 0.3) is 5.91 Å². The zero-order chi connectivity index (χ0) is 27.4. The Kier molecular flexibility index (Phi) is 6.75. The number of piperidine rings is 1. The fraction of sp³-hybridized carbons (Fsp3) is 0.520. The molecule has 3 aliphatic rings. The van der Waals surface area contributed by atoms with Crippen LogP contribution in [-0.2, 0) is 9.59 Å². The molecule has 0 spiro atoms. The molecule has 1 saturated carbocycles. The highest BCUT2D eigenvalue weighted by atomic mass is 35.5. The Bertz CT molecular complexity index is 1360. The minimum atomic E-state index is -3.01. The maximum absolute atomic E-state index is 14.3. The second-order valence-electron chi connectivity index (χ2n) is 10.3. The number of hydrogen-bond acceptors (Lipinski definition) is 4. The molecule has 3 N–H and O–H groups in total. The molecule has 2 aromatic rings. The number of carbonyl (C=O) groups excluding carboxylic acids is 3. The van der Waals surface area contributed by atoms with Crippen LogP contribution in [0.1, 0.15) is 42.6 Å². The molecular weight excluding hydrogens is 530 g/mol. The first kappa shape index (κ1) is 26.3. The molecule has 3 amide bonds. The summed E-state index contributed by atoms with van der Waals surface area (Å²) < 4.78 is 56.8. The molecule has 38 heavy (non-hydrogen) atoms. The van der Waals surface area contributed by atoms with Gasteiger partial charge in [0.15, 0.2) is 0 Å². The zero-order valence-electron chi connectivity index (χ0n) is 20.0. The first-order chi connectivity index (χ1) is 18.0. The van der Waals surface area contributed by atoms with Crippen LogP contribution in [-0.4, -0.2) is 58.7 Å². The third kappa shape index (κ3) is 4.68. The van der Waals surface area contributed by atoms with Gasteiger partial charge in [-0.25, -0.2) is 17.6 Å². The molecule has 1 aromatic carbocycles. The van der Waals surface area contributed by atoms with Gasteiger partial charge in [-0.1, -0.05) is 11.6 Å². The van der Waals surface area contributed by atoms with Crippen molar-refractivity contribution in [3.63, 3.8) is 0 Å². The van der Waals surface area contributed by atoms with Crippen molar-refractivity contribution in [2.24, 2.45) is 17.8 Å². The van der Waals surface area contributed by atoms with E-state index in [1.165, 1.54) is 0 Å². The Hall–Kier alpha value is -3.33. The minimum Gasteiger partial charge on any atom is -0.356 e. The van der Waals surface area contributed by atoms with Gasteiger partial charge in [-0.3, -0.25) is 14.4 Å². The molecule has 3 fully saturated rings. The monoisotopic (exact) mass is 553 g/mol. The second-order valence-corrected chi connectivity index (χ2v) is 10.7. The summed E-state index contributed by atoms with van der Waals surface area (Å²) in [5, 5.41) is 14.3. The van der Waals surface area contributed by atoms with Gasteiger partial charge in [-0.2, -0.15) is 5.26 Å². The molecule has 3 heterocycles. The largest absolute Gasteiger partial charge is 0.356 e. The summed E-state index contributed by atoms with van der Waals surface area (Å²) in [7, 11) is 0. The Morgan fingerprint density at radius 1 is 1.26 bits per heavy atom. The normalized spacial score (nSPS) is 27.1. The third-order valence-corrected chi connectivity index (χ3v) is 8.15. The number of nitriles is 1. The van der Waals surface area contributed by atoms with Gasteiger partial charge in [0.2, 0.25) is 17.7 Å². The summed E-state index contributed by atoms with van der Waals surface area (Å²) in [6.45, 7) is 0.379.